The van der Waals surface area contributed by atoms with Gasteiger partial charge in [0, 0.05) is 41.0 Å². The highest BCUT2D eigenvalue weighted by atomic mass is 35.5. The lowest BCUT2D eigenvalue weighted by molar-refractivity contribution is 0.0985. The molecule has 0 spiro atoms. The van der Waals surface area contributed by atoms with E-state index in [1.54, 1.807) is 0 Å². The van der Waals surface area contributed by atoms with E-state index in [4.69, 9.17) is 31.4 Å². The summed E-state index contributed by atoms with van der Waals surface area (Å²) in [4.78, 5) is 22.5. The number of anilines is 1. The van der Waals surface area contributed by atoms with Gasteiger partial charge in [0.25, 0.3) is 0 Å². The number of fused-ring (bicyclic) bond motifs is 1. The summed E-state index contributed by atoms with van der Waals surface area (Å²) in [5.74, 6) is 1.52. The van der Waals surface area contributed by atoms with E-state index < -0.39 is 0 Å². The molecule has 1 atom stereocenters. The van der Waals surface area contributed by atoms with E-state index in [-0.39, 0.29) is 6.04 Å². The summed E-state index contributed by atoms with van der Waals surface area (Å²) in [5, 5.41) is 6.37. The van der Waals surface area contributed by atoms with E-state index in [2.05, 4.69) is 58.3 Å². The van der Waals surface area contributed by atoms with Crippen molar-refractivity contribution in [3.63, 3.8) is 0 Å². The van der Waals surface area contributed by atoms with Gasteiger partial charge in [0.2, 0.25) is 0 Å². The van der Waals surface area contributed by atoms with Crippen LogP contribution in [0.5, 0.6) is 0 Å². The summed E-state index contributed by atoms with van der Waals surface area (Å²) < 4.78 is 7.94. The van der Waals surface area contributed by atoms with Crippen molar-refractivity contribution in [3.8, 4) is 22.6 Å². The first-order valence-electron chi connectivity index (χ1n) is 13.0. The van der Waals surface area contributed by atoms with Gasteiger partial charge in [-0.1, -0.05) is 11.6 Å². The van der Waals surface area contributed by atoms with E-state index in [0.29, 0.717) is 30.2 Å². The number of piperidine rings is 1. The average molecular weight is 521 g/mol. The monoisotopic (exact) mass is 520 g/mol. The molecule has 2 saturated heterocycles. The molecule has 0 radical (unpaired) electrons. The first kappa shape index (κ1) is 24.3. The Hall–Kier alpha value is -3.01. The number of ether oxygens (including phenoxy) is 1. The van der Waals surface area contributed by atoms with Crippen LogP contribution < -0.4 is 4.90 Å². The minimum atomic E-state index is 0.210. The minimum absolute atomic E-state index is 0.210. The standard InChI is InChI=1S/C27H33ClN8O/c1-16-15-37-12-11-35(16)24-14-22(25-17(2)33-36(18(25)3)19-6-9-34(4)10-7-19)30-27(32-24)21-13-23(28)31-26-20(21)5-8-29-26/h5,8,13-14,16,19H,6-7,9-12,15H2,1-4H3,(H,29,31)/t16-/m1/s1. The molecule has 0 aliphatic carbocycles. The van der Waals surface area contributed by atoms with Gasteiger partial charge in [0.05, 0.1) is 36.7 Å². The lowest BCUT2D eigenvalue weighted by Gasteiger charge is -2.34. The van der Waals surface area contributed by atoms with Gasteiger partial charge in [-0.3, -0.25) is 4.68 Å². The summed E-state index contributed by atoms with van der Waals surface area (Å²) in [6.45, 7) is 10.7. The number of hydrogen-bond acceptors (Lipinski definition) is 7. The first-order chi connectivity index (χ1) is 17.9. The van der Waals surface area contributed by atoms with Gasteiger partial charge in [-0.25, -0.2) is 15.0 Å². The van der Waals surface area contributed by atoms with Crippen LogP contribution in [0.3, 0.4) is 0 Å². The quantitative estimate of drug-likeness (QED) is 0.392. The molecular formula is C27H33ClN8O. The van der Waals surface area contributed by atoms with Gasteiger partial charge in [0.15, 0.2) is 5.82 Å². The summed E-state index contributed by atoms with van der Waals surface area (Å²) in [5.41, 5.74) is 5.68. The third-order valence-electron chi connectivity index (χ3n) is 7.73. The molecule has 6 heterocycles. The zero-order valence-electron chi connectivity index (χ0n) is 21.8. The van der Waals surface area contributed by atoms with Crippen LogP contribution in [0.1, 0.15) is 37.2 Å². The third kappa shape index (κ3) is 4.49. The molecule has 1 N–H and O–H groups in total. The Morgan fingerprint density at radius 2 is 1.89 bits per heavy atom. The Morgan fingerprint density at radius 1 is 1.08 bits per heavy atom. The molecule has 6 rings (SSSR count). The number of rotatable bonds is 4. The maximum absolute atomic E-state index is 6.42. The normalized spacial score (nSPS) is 19.7. The number of halogens is 1. The predicted octanol–water partition coefficient (Wildman–Crippen LogP) is 4.65. The topological polar surface area (TPSA) is 88.0 Å². The summed E-state index contributed by atoms with van der Waals surface area (Å²) in [6.07, 6.45) is 4.07. The molecule has 4 aromatic rings. The van der Waals surface area contributed by atoms with Crippen molar-refractivity contribution in [2.24, 2.45) is 0 Å². The lowest BCUT2D eigenvalue weighted by atomic mass is 10.0. The molecule has 2 aliphatic rings. The second kappa shape index (κ2) is 9.70. The van der Waals surface area contributed by atoms with Crippen molar-refractivity contribution in [1.82, 2.24) is 34.6 Å². The summed E-state index contributed by atoms with van der Waals surface area (Å²) >= 11 is 6.42. The Balaban J connectivity index is 1.51. The fraction of sp³-hybridized carbons (Fsp3) is 0.481. The molecule has 10 heteroatoms. The van der Waals surface area contributed by atoms with Gasteiger partial charge in [-0.15, -0.1) is 0 Å². The number of aromatic amines is 1. The molecule has 2 fully saturated rings. The molecule has 0 amide bonds. The predicted molar refractivity (Wildman–Crippen MR) is 146 cm³/mol. The van der Waals surface area contributed by atoms with Gasteiger partial charge in [0.1, 0.15) is 16.6 Å². The third-order valence-corrected chi connectivity index (χ3v) is 7.92. The fourth-order valence-corrected chi connectivity index (χ4v) is 5.91. The van der Waals surface area contributed by atoms with Crippen molar-refractivity contribution in [1.29, 1.82) is 0 Å². The number of H-pyrrole nitrogens is 1. The number of morpholine rings is 1. The smallest absolute Gasteiger partial charge is 0.162 e. The molecule has 194 valence electrons. The summed E-state index contributed by atoms with van der Waals surface area (Å²) in [6, 6.07) is 6.57. The number of nitrogens with zero attached hydrogens (tertiary/aromatic N) is 7. The summed E-state index contributed by atoms with van der Waals surface area (Å²) in [7, 11) is 2.19. The van der Waals surface area contributed by atoms with Crippen molar-refractivity contribution in [3.05, 3.63) is 40.9 Å². The van der Waals surface area contributed by atoms with Crippen LogP contribution in [0.4, 0.5) is 5.82 Å². The fourth-order valence-electron chi connectivity index (χ4n) is 5.72. The van der Waals surface area contributed by atoms with E-state index in [1.165, 1.54) is 0 Å². The Morgan fingerprint density at radius 3 is 2.68 bits per heavy atom. The molecule has 0 saturated carbocycles. The zero-order chi connectivity index (χ0) is 25.7. The van der Waals surface area contributed by atoms with E-state index >= 15 is 0 Å². The first-order valence-corrected chi connectivity index (χ1v) is 13.4. The van der Waals surface area contributed by atoms with Crippen LogP contribution >= 0.6 is 11.6 Å². The number of pyridine rings is 1. The Kier molecular flexibility index (Phi) is 6.38. The highest BCUT2D eigenvalue weighted by molar-refractivity contribution is 6.30. The number of aryl methyl sites for hydroxylation is 1. The molecule has 2 aliphatic heterocycles. The molecule has 0 unspecified atom stereocenters. The Labute approximate surface area is 221 Å². The van der Waals surface area contributed by atoms with Crippen LogP contribution in [0.25, 0.3) is 33.7 Å². The zero-order valence-corrected chi connectivity index (χ0v) is 22.6. The second-order valence-corrected chi connectivity index (χ2v) is 10.7. The molecule has 9 nitrogen and oxygen atoms in total. The van der Waals surface area contributed by atoms with Crippen LogP contribution in [0, 0.1) is 13.8 Å². The number of hydrogen-bond donors (Lipinski definition) is 1. The van der Waals surface area contributed by atoms with Gasteiger partial charge in [-0.05, 0) is 65.9 Å². The molecular weight excluding hydrogens is 488 g/mol. The molecule has 0 aromatic carbocycles. The van der Waals surface area contributed by atoms with E-state index in [9.17, 15) is 0 Å². The number of nitrogens with one attached hydrogen (secondary N) is 1. The van der Waals surface area contributed by atoms with Crippen molar-refractivity contribution >= 4 is 28.5 Å². The maximum Gasteiger partial charge on any atom is 0.162 e. The van der Waals surface area contributed by atoms with Crippen LogP contribution in [0.2, 0.25) is 5.15 Å². The van der Waals surface area contributed by atoms with Crippen molar-refractivity contribution in [2.75, 3.05) is 44.8 Å². The second-order valence-electron chi connectivity index (χ2n) is 10.3. The van der Waals surface area contributed by atoms with Crippen molar-refractivity contribution in [2.45, 2.75) is 45.7 Å². The van der Waals surface area contributed by atoms with E-state index in [1.807, 2.05) is 18.3 Å². The van der Waals surface area contributed by atoms with Crippen molar-refractivity contribution < 1.29 is 4.74 Å². The molecule has 0 bridgehead atoms. The van der Waals surface area contributed by atoms with Crippen LogP contribution in [-0.2, 0) is 4.74 Å². The largest absolute Gasteiger partial charge is 0.377 e. The highest BCUT2D eigenvalue weighted by Gasteiger charge is 2.27. The maximum atomic E-state index is 6.42. The van der Waals surface area contributed by atoms with Gasteiger partial charge < -0.3 is 19.5 Å². The SMILES string of the molecule is Cc1nn(C2CCN(C)CC2)c(C)c1-c1cc(N2CCOC[C@H]2C)nc(-c2cc(Cl)nc3[nH]ccc23)n1. The highest BCUT2D eigenvalue weighted by Crippen LogP contribution is 2.35. The van der Waals surface area contributed by atoms with Crippen LogP contribution in [0.15, 0.2) is 24.4 Å². The Bertz CT molecular complexity index is 1440. The van der Waals surface area contributed by atoms with Gasteiger partial charge >= 0.3 is 0 Å². The van der Waals surface area contributed by atoms with Gasteiger partial charge in [-0.2, -0.15) is 5.10 Å². The lowest BCUT2D eigenvalue weighted by Crippen LogP contribution is -2.44. The van der Waals surface area contributed by atoms with E-state index in [0.717, 1.165) is 77.5 Å². The van der Waals surface area contributed by atoms with Crippen LogP contribution in [-0.4, -0.2) is 80.6 Å². The molecule has 37 heavy (non-hydrogen) atoms. The minimum Gasteiger partial charge on any atom is -0.377 e. The molecule has 4 aromatic heterocycles. The number of aromatic nitrogens is 6. The average Bonchev–Trinajstić information content (AvgIpc) is 3.47. The number of likely N-dealkylation sites (tertiary alicyclic amines) is 1.